The Morgan fingerprint density at radius 1 is 1.24 bits per heavy atom. The largest absolute Gasteiger partial charge is 0.271 e. The van der Waals surface area contributed by atoms with Gasteiger partial charge in [0.05, 0.1) is 0 Å². The number of hydrazine groups is 1. The van der Waals surface area contributed by atoms with Crippen LogP contribution in [-0.2, 0) is 6.42 Å². The topological polar surface area (TPSA) is 38.0 Å². The lowest BCUT2D eigenvalue weighted by Crippen LogP contribution is -2.38. The number of rotatable bonds is 6. The van der Waals surface area contributed by atoms with Gasteiger partial charge in [0.2, 0.25) is 0 Å². The molecule has 0 aliphatic rings. The number of aryl methyl sites for hydroxylation is 1. The highest BCUT2D eigenvalue weighted by Crippen LogP contribution is 2.24. The zero-order chi connectivity index (χ0) is 15.2. The molecular formula is C16H18BrClN2S. The van der Waals surface area contributed by atoms with Crippen LogP contribution in [0.3, 0.4) is 0 Å². The molecule has 2 aromatic carbocycles. The van der Waals surface area contributed by atoms with Crippen molar-refractivity contribution in [1.82, 2.24) is 5.43 Å². The molecule has 2 nitrogen and oxygen atoms in total. The Kier molecular flexibility index (Phi) is 6.58. The Morgan fingerprint density at radius 2 is 1.95 bits per heavy atom. The molecule has 0 saturated heterocycles. The molecule has 112 valence electrons. The number of hydrogen-bond acceptors (Lipinski definition) is 3. The summed E-state index contributed by atoms with van der Waals surface area (Å²) in [5, 5.41) is 0.768. The molecule has 0 aliphatic heterocycles. The summed E-state index contributed by atoms with van der Waals surface area (Å²) in [6.07, 6.45) is 0.807. The van der Waals surface area contributed by atoms with E-state index in [9.17, 15) is 0 Å². The third-order valence-corrected chi connectivity index (χ3v) is 5.21. The van der Waals surface area contributed by atoms with E-state index >= 15 is 0 Å². The fourth-order valence-corrected chi connectivity index (χ4v) is 3.64. The van der Waals surface area contributed by atoms with Crippen LogP contribution < -0.4 is 11.3 Å². The molecule has 2 rings (SSSR count). The van der Waals surface area contributed by atoms with E-state index in [4.69, 9.17) is 17.4 Å². The first-order chi connectivity index (χ1) is 10.1. The molecule has 1 unspecified atom stereocenters. The molecule has 5 heteroatoms. The monoisotopic (exact) mass is 384 g/mol. The first-order valence-electron chi connectivity index (χ1n) is 6.68. The quantitative estimate of drug-likeness (QED) is 0.434. The highest BCUT2D eigenvalue weighted by atomic mass is 79.9. The van der Waals surface area contributed by atoms with Gasteiger partial charge in [-0.25, -0.2) is 0 Å². The second-order valence-electron chi connectivity index (χ2n) is 4.93. The molecule has 0 aliphatic carbocycles. The average Bonchev–Trinajstić information content (AvgIpc) is 2.47. The van der Waals surface area contributed by atoms with Crippen LogP contribution in [0.25, 0.3) is 0 Å². The lowest BCUT2D eigenvalue weighted by atomic mass is 10.1. The molecule has 0 aromatic heterocycles. The summed E-state index contributed by atoms with van der Waals surface area (Å²) in [7, 11) is 0. The number of benzene rings is 2. The van der Waals surface area contributed by atoms with E-state index in [1.807, 2.05) is 18.2 Å². The van der Waals surface area contributed by atoms with Gasteiger partial charge in [0.25, 0.3) is 0 Å². The van der Waals surface area contributed by atoms with Gasteiger partial charge < -0.3 is 0 Å². The predicted octanol–water partition coefficient (Wildman–Crippen LogP) is 4.58. The molecule has 1 atom stereocenters. The summed E-state index contributed by atoms with van der Waals surface area (Å²) in [6.45, 7) is 2.09. The van der Waals surface area contributed by atoms with Gasteiger partial charge >= 0.3 is 0 Å². The van der Waals surface area contributed by atoms with Crippen LogP contribution >= 0.6 is 39.3 Å². The molecule has 0 bridgehead atoms. The van der Waals surface area contributed by atoms with E-state index < -0.39 is 0 Å². The summed E-state index contributed by atoms with van der Waals surface area (Å²) in [5.41, 5.74) is 5.26. The summed E-state index contributed by atoms with van der Waals surface area (Å²) in [6, 6.07) is 14.7. The van der Waals surface area contributed by atoms with Crippen molar-refractivity contribution in [2.45, 2.75) is 24.3 Å². The molecule has 2 aromatic rings. The second-order valence-corrected chi connectivity index (χ2v) is 7.34. The van der Waals surface area contributed by atoms with E-state index in [-0.39, 0.29) is 6.04 Å². The zero-order valence-corrected chi connectivity index (χ0v) is 14.9. The molecule has 0 heterocycles. The minimum atomic E-state index is 0.176. The summed E-state index contributed by atoms with van der Waals surface area (Å²) in [4.78, 5) is 1.25. The normalized spacial score (nSPS) is 12.4. The molecule has 3 N–H and O–H groups in total. The lowest BCUT2D eigenvalue weighted by Gasteiger charge is -2.16. The SMILES string of the molecule is Cc1ccc(SCC(Cc2ccc(Br)cc2Cl)NN)cc1. The molecule has 21 heavy (non-hydrogen) atoms. The van der Waals surface area contributed by atoms with E-state index in [2.05, 4.69) is 52.5 Å². The summed E-state index contributed by atoms with van der Waals surface area (Å²) in [5.74, 6) is 6.57. The fourth-order valence-electron chi connectivity index (χ4n) is 1.95. The van der Waals surface area contributed by atoms with E-state index in [0.717, 1.165) is 27.2 Å². The number of nitrogens with two attached hydrogens (primary N) is 1. The van der Waals surface area contributed by atoms with Crippen LogP contribution in [0.4, 0.5) is 0 Å². The molecular weight excluding hydrogens is 368 g/mol. The summed E-state index contributed by atoms with van der Waals surface area (Å²) >= 11 is 11.5. The van der Waals surface area contributed by atoms with E-state index in [0.29, 0.717) is 0 Å². The first kappa shape index (κ1) is 16.8. The smallest absolute Gasteiger partial charge is 0.0449 e. The highest BCUT2D eigenvalue weighted by Gasteiger charge is 2.11. The zero-order valence-electron chi connectivity index (χ0n) is 11.8. The maximum absolute atomic E-state index is 6.26. The van der Waals surface area contributed by atoms with Crippen molar-refractivity contribution in [1.29, 1.82) is 0 Å². The second kappa shape index (κ2) is 8.20. The maximum Gasteiger partial charge on any atom is 0.0449 e. The van der Waals surface area contributed by atoms with Crippen molar-refractivity contribution < 1.29 is 0 Å². The van der Waals surface area contributed by atoms with Crippen LogP contribution in [-0.4, -0.2) is 11.8 Å². The number of nitrogens with one attached hydrogen (secondary N) is 1. The first-order valence-corrected chi connectivity index (χ1v) is 8.83. The van der Waals surface area contributed by atoms with Crippen molar-refractivity contribution in [2.75, 3.05) is 5.75 Å². The Labute approximate surface area is 143 Å². The number of halogens is 2. The fraction of sp³-hybridized carbons (Fsp3) is 0.250. The van der Waals surface area contributed by atoms with Crippen molar-refractivity contribution >= 4 is 39.3 Å². The third-order valence-electron chi connectivity index (χ3n) is 3.19. The molecule has 0 spiro atoms. The van der Waals surface area contributed by atoms with Crippen LogP contribution in [0, 0.1) is 6.92 Å². The van der Waals surface area contributed by atoms with Crippen molar-refractivity contribution in [2.24, 2.45) is 5.84 Å². The van der Waals surface area contributed by atoms with Gasteiger partial charge in [-0.1, -0.05) is 51.3 Å². The molecule has 0 saturated carbocycles. The Hall–Kier alpha value is -0.520. The van der Waals surface area contributed by atoms with Crippen molar-refractivity contribution in [3.63, 3.8) is 0 Å². The average molecular weight is 386 g/mol. The van der Waals surface area contributed by atoms with Crippen LogP contribution in [0.1, 0.15) is 11.1 Å². The van der Waals surface area contributed by atoms with Gasteiger partial charge in [0, 0.05) is 26.2 Å². The van der Waals surface area contributed by atoms with Gasteiger partial charge in [0.15, 0.2) is 0 Å². The Morgan fingerprint density at radius 3 is 2.57 bits per heavy atom. The minimum absolute atomic E-state index is 0.176. The Bertz CT molecular complexity index is 589. The van der Waals surface area contributed by atoms with Crippen molar-refractivity contribution in [3.05, 3.63) is 63.1 Å². The molecule has 0 fully saturated rings. The molecule has 0 amide bonds. The van der Waals surface area contributed by atoms with Crippen LogP contribution in [0.15, 0.2) is 51.8 Å². The summed E-state index contributed by atoms with van der Waals surface area (Å²) < 4.78 is 0.988. The van der Waals surface area contributed by atoms with Gasteiger partial charge in [-0.15, -0.1) is 11.8 Å². The lowest BCUT2D eigenvalue weighted by molar-refractivity contribution is 0.575. The van der Waals surface area contributed by atoms with Crippen LogP contribution in [0.5, 0.6) is 0 Å². The third kappa shape index (κ3) is 5.31. The van der Waals surface area contributed by atoms with E-state index in [1.54, 1.807) is 11.8 Å². The Balaban J connectivity index is 1.95. The highest BCUT2D eigenvalue weighted by molar-refractivity contribution is 9.10. The van der Waals surface area contributed by atoms with Gasteiger partial charge in [-0.2, -0.15) is 0 Å². The maximum atomic E-state index is 6.26. The number of thioether (sulfide) groups is 1. The molecule has 0 radical (unpaired) electrons. The van der Waals surface area contributed by atoms with Gasteiger partial charge in [0.1, 0.15) is 0 Å². The van der Waals surface area contributed by atoms with E-state index in [1.165, 1.54) is 10.5 Å². The minimum Gasteiger partial charge on any atom is -0.271 e. The van der Waals surface area contributed by atoms with Crippen molar-refractivity contribution in [3.8, 4) is 0 Å². The standard InChI is InChI=1S/C16H18BrClN2S/c1-11-2-6-15(7-3-11)21-10-14(20-19)8-12-4-5-13(17)9-16(12)18/h2-7,9,14,20H,8,10,19H2,1H3. The van der Waals surface area contributed by atoms with Crippen LogP contribution in [0.2, 0.25) is 5.02 Å². The predicted molar refractivity (Wildman–Crippen MR) is 95.9 cm³/mol. The van der Waals surface area contributed by atoms with Gasteiger partial charge in [-0.3, -0.25) is 11.3 Å². The number of hydrogen-bond donors (Lipinski definition) is 2. The van der Waals surface area contributed by atoms with Gasteiger partial charge in [-0.05, 0) is 43.2 Å².